The number of amides is 1. The van der Waals surface area contributed by atoms with E-state index in [0.29, 0.717) is 30.4 Å². The van der Waals surface area contributed by atoms with Crippen LogP contribution in [0.1, 0.15) is 18.4 Å². The zero-order valence-electron chi connectivity index (χ0n) is 12.7. The fraction of sp³-hybridized carbons (Fsp3) is 0.353. The SMILES string of the molecule is O=C(Cc1ccc(Cl)cc1)N1CCC(Oc2cnccn2)CC1. The van der Waals surface area contributed by atoms with Gasteiger partial charge < -0.3 is 9.64 Å². The van der Waals surface area contributed by atoms with E-state index in [2.05, 4.69) is 9.97 Å². The summed E-state index contributed by atoms with van der Waals surface area (Å²) in [6.07, 6.45) is 6.95. The zero-order valence-corrected chi connectivity index (χ0v) is 13.4. The molecule has 120 valence electrons. The Morgan fingerprint density at radius 1 is 1.22 bits per heavy atom. The van der Waals surface area contributed by atoms with Gasteiger partial charge in [0.2, 0.25) is 11.8 Å². The summed E-state index contributed by atoms with van der Waals surface area (Å²) >= 11 is 5.86. The van der Waals surface area contributed by atoms with Crippen molar-refractivity contribution in [3.05, 3.63) is 53.4 Å². The summed E-state index contributed by atoms with van der Waals surface area (Å²) in [5.74, 6) is 0.684. The first-order chi connectivity index (χ1) is 11.2. The molecule has 2 aromatic rings. The van der Waals surface area contributed by atoms with Crippen LogP contribution in [0.15, 0.2) is 42.9 Å². The highest BCUT2D eigenvalue weighted by Gasteiger charge is 2.24. The molecular weight excluding hydrogens is 314 g/mol. The van der Waals surface area contributed by atoms with Gasteiger partial charge in [-0.25, -0.2) is 4.98 Å². The van der Waals surface area contributed by atoms with Crippen LogP contribution in [0.4, 0.5) is 0 Å². The minimum Gasteiger partial charge on any atom is -0.473 e. The van der Waals surface area contributed by atoms with Crippen LogP contribution in [0.25, 0.3) is 0 Å². The Balaban J connectivity index is 1.48. The van der Waals surface area contributed by atoms with E-state index in [1.807, 2.05) is 29.2 Å². The first-order valence-electron chi connectivity index (χ1n) is 7.65. The highest BCUT2D eigenvalue weighted by atomic mass is 35.5. The molecule has 1 aromatic heterocycles. The number of nitrogens with zero attached hydrogens (tertiary/aromatic N) is 3. The quantitative estimate of drug-likeness (QED) is 0.864. The summed E-state index contributed by atoms with van der Waals surface area (Å²) < 4.78 is 5.79. The van der Waals surface area contributed by atoms with Crippen molar-refractivity contribution in [2.75, 3.05) is 13.1 Å². The van der Waals surface area contributed by atoms with Crippen molar-refractivity contribution in [1.29, 1.82) is 0 Å². The van der Waals surface area contributed by atoms with E-state index in [9.17, 15) is 4.79 Å². The Morgan fingerprint density at radius 3 is 2.61 bits per heavy atom. The molecule has 1 fully saturated rings. The van der Waals surface area contributed by atoms with E-state index in [1.54, 1.807) is 18.6 Å². The summed E-state index contributed by atoms with van der Waals surface area (Å²) in [6.45, 7) is 1.41. The fourth-order valence-electron chi connectivity index (χ4n) is 2.63. The molecule has 1 aliphatic rings. The van der Waals surface area contributed by atoms with Crippen LogP contribution < -0.4 is 4.74 Å². The molecule has 23 heavy (non-hydrogen) atoms. The lowest BCUT2D eigenvalue weighted by molar-refractivity contribution is -0.132. The van der Waals surface area contributed by atoms with Crippen LogP contribution in [0, 0.1) is 0 Å². The first kappa shape index (κ1) is 15.7. The van der Waals surface area contributed by atoms with Crippen LogP contribution >= 0.6 is 11.6 Å². The second-order valence-electron chi connectivity index (χ2n) is 5.54. The van der Waals surface area contributed by atoms with Gasteiger partial charge in [-0.2, -0.15) is 0 Å². The number of hydrogen-bond acceptors (Lipinski definition) is 4. The summed E-state index contributed by atoms with van der Waals surface area (Å²) in [7, 11) is 0. The van der Waals surface area contributed by atoms with Crippen LogP contribution in [-0.2, 0) is 11.2 Å². The molecule has 0 spiro atoms. The van der Waals surface area contributed by atoms with Gasteiger partial charge in [0.1, 0.15) is 6.10 Å². The van der Waals surface area contributed by atoms with E-state index in [4.69, 9.17) is 16.3 Å². The molecule has 3 rings (SSSR count). The molecule has 0 saturated carbocycles. The Labute approximate surface area is 140 Å². The number of likely N-dealkylation sites (tertiary alicyclic amines) is 1. The molecule has 2 heterocycles. The van der Waals surface area contributed by atoms with Crippen molar-refractivity contribution in [3.8, 4) is 5.88 Å². The average molecular weight is 332 g/mol. The summed E-state index contributed by atoms with van der Waals surface area (Å²) in [4.78, 5) is 22.3. The summed E-state index contributed by atoms with van der Waals surface area (Å²) in [6, 6.07) is 7.41. The van der Waals surface area contributed by atoms with Gasteiger partial charge in [0.25, 0.3) is 0 Å². The third kappa shape index (κ3) is 4.42. The average Bonchev–Trinajstić information content (AvgIpc) is 2.58. The van der Waals surface area contributed by atoms with Crippen LogP contribution in [0.5, 0.6) is 5.88 Å². The minimum absolute atomic E-state index is 0.0891. The number of rotatable bonds is 4. The Kier molecular flexibility index (Phi) is 5.08. The minimum atomic E-state index is 0.0891. The maximum absolute atomic E-state index is 12.3. The van der Waals surface area contributed by atoms with Crippen molar-refractivity contribution >= 4 is 17.5 Å². The molecule has 0 radical (unpaired) electrons. The van der Waals surface area contributed by atoms with Gasteiger partial charge in [0.05, 0.1) is 12.6 Å². The molecule has 0 unspecified atom stereocenters. The fourth-order valence-corrected chi connectivity index (χ4v) is 2.75. The molecule has 0 bridgehead atoms. The van der Waals surface area contributed by atoms with E-state index >= 15 is 0 Å². The smallest absolute Gasteiger partial charge is 0.232 e. The number of piperidine rings is 1. The third-order valence-corrected chi connectivity index (χ3v) is 4.14. The lowest BCUT2D eigenvalue weighted by Gasteiger charge is -2.32. The number of halogens is 1. The van der Waals surface area contributed by atoms with E-state index in [-0.39, 0.29) is 12.0 Å². The van der Waals surface area contributed by atoms with Crippen LogP contribution in [-0.4, -0.2) is 40.0 Å². The molecule has 5 nitrogen and oxygen atoms in total. The van der Waals surface area contributed by atoms with Gasteiger partial charge >= 0.3 is 0 Å². The largest absolute Gasteiger partial charge is 0.473 e. The molecule has 0 atom stereocenters. The predicted octanol–water partition coefficient (Wildman–Crippen LogP) is 2.74. The zero-order chi connectivity index (χ0) is 16.1. The monoisotopic (exact) mass is 331 g/mol. The molecule has 1 aromatic carbocycles. The number of benzene rings is 1. The van der Waals surface area contributed by atoms with Crippen molar-refractivity contribution in [3.63, 3.8) is 0 Å². The van der Waals surface area contributed by atoms with Crippen molar-refractivity contribution < 1.29 is 9.53 Å². The second kappa shape index (κ2) is 7.42. The first-order valence-corrected chi connectivity index (χ1v) is 8.03. The predicted molar refractivity (Wildman–Crippen MR) is 87.4 cm³/mol. The molecular formula is C17H18ClN3O2. The highest BCUT2D eigenvalue weighted by Crippen LogP contribution is 2.18. The highest BCUT2D eigenvalue weighted by molar-refractivity contribution is 6.30. The van der Waals surface area contributed by atoms with E-state index in [1.165, 1.54) is 0 Å². The van der Waals surface area contributed by atoms with Gasteiger partial charge in [0, 0.05) is 43.3 Å². The standard InChI is InChI=1S/C17H18ClN3O2/c18-14-3-1-13(2-4-14)11-17(22)21-9-5-15(6-10-21)23-16-12-19-7-8-20-16/h1-4,7-8,12,15H,5-6,9-11H2. The Bertz CT molecular complexity index is 641. The number of carbonyl (C=O) groups excluding carboxylic acids is 1. The third-order valence-electron chi connectivity index (χ3n) is 3.89. The van der Waals surface area contributed by atoms with Gasteiger partial charge in [-0.05, 0) is 17.7 Å². The van der Waals surface area contributed by atoms with Gasteiger partial charge in [-0.3, -0.25) is 9.78 Å². The van der Waals surface area contributed by atoms with Crippen LogP contribution in [0.3, 0.4) is 0 Å². The lowest BCUT2D eigenvalue weighted by Crippen LogP contribution is -2.42. The van der Waals surface area contributed by atoms with Crippen molar-refractivity contribution in [2.24, 2.45) is 0 Å². The number of ether oxygens (including phenoxy) is 1. The second-order valence-corrected chi connectivity index (χ2v) is 5.98. The van der Waals surface area contributed by atoms with Gasteiger partial charge in [-0.1, -0.05) is 23.7 Å². The van der Waals surface area contributed by atoms with Crippen molar-refractivity contribution in [2.45, 2.75) is 25.4 Å². The summed E-state index contributed by atoms with van der Waals surface area (Å²) in [5, 5.41) is 0.683. The number of hydrogen-bond donors (Lipinski definition) is 0. The van der Waals surface area contributed by atoms with Gasteiger partial charge in [-0.15, -0.1) is 0 Å². The maximum atomic E-state index is 12.3. The molecule has 1 amide bonds. The topological polar surface area (TPSA) is 55.3 Å². The van der Waals surface area contributed by atoms with Gasteiger partial charge in [0.15, 0.2) is 0 Å². The van der Waals surface area contributed by atoms with E-state index < -0.39 is 0 Å². The lowest BCUT2D eigenvalue weighted by atomic mass is 10.1. The molecule has 6 heteroatoms. The summed E-state index contributed by atoms with van der Waals surface area (Å²) in [5.41, 5.74) is 0.984. The molecule has 1 aliphatic heterocycles. The molecule has 1 saturated heterocycles. The molecule has 0 aliphatic carbocycles. The maximum Gasteiger partial charge on any atom is 0.232 e. The normalized spacial score (nSPS) is 15.4. The van der Waals surface area contributed by atoms with Crippen LogP contribution in [0.2, 0.25) is 5.02 Å². The Hall–Kier alpha value is -2.14. The van der Waals surface area contributed by atoms with Crippen molar-refractivity contribution in [1.82, 2.24) is 14.9 Å². The number of carbonyl (C=O) groups is 1. The Morgan fingerprint density at radius 2 is 1.96 bits per heavy atom. The number of aromatic nitrogens is 2. The molecule has 0 N–H and O–H groups in total. The van der Waals surface area contributed by atoms with E-state index in [0.717, 1.165) is 18.4 Å².